The average Bonchev–Trinajstić information content (AvgIpc) is 2.16. The molecule has 5 N–H and O–H groups in total. The van der Waals surface area contributed by atoms with Gasteiger partial charge >= 0.3 is 0 Å². The molecule has 72 valence electrons. The Kier molecular flexibility index (Phi) is 3.11. The Morgan fingerprint density at radius 1 is 1.54 bits per heavy atom. The first kappa shape index (κ1) is 9.83. The number of hydrogen-bond acceptors (Lipinski definition) is 4. The maximum absolute atomic E-state index is 8.83. The minimum atomic E-state index is -0.425. The summed E-state index contributed by atoms with van der Waals surface area (Å²) in [7, 11) is 1.57. The predicted octanol–water partition coefficient (Wildman–Crippen LogP) is 0.269. The highest BCUT2D eigenvalue weighted by molar-refractivity contribution is 5.52. The van der Waals surface area contributed by atoms with Crippen LogP contribution in [-0.4, -0.2) is 18.8 Å². The minimum Gasteiger partial charge on any atom is -0.497 e. The first-order valence-electron chi connectivity index (χ1n) is 3.99. The zero-order valence-electron chi connectivity index (χ0n) is 7.53. The van der Waals surface area contributed by atoms with Crippen LogP contribution in [-0.2, 0) is 0 Å². The largest absolute Gasteiger partial charge is 0.497 e. The number of hydrogen-bond donors (Lipinski definition) is 3. The maximum Gasteiger partial charge on any atom is 0.120 e. The molecule has 1 atom stereocenters. The number of ether oxygens (including phenoxy) is 1. The van der Waals surface area contributed by atoms with Crippen molar-refractivity contribution in [1.82, 2.24) is 0 Å². The molecule has 0 aliphatic heterocycles. The molecule has 0 bridgehead atoms. The predicted molar refractivity (Wildman–Crippen MR) is 51.4 cm³/mol. The SMILES string of the molecule is COc1ccc([C@H](N)CO)c(N)c1. The van der Waals surface area contributed by atoms with Crippen LogP contribution in [0.2, 0.25) is 0 Å². The van der Waals surface area contributed by atoms with Gasteiger partial charge in [-0.3, -0.25) is 0 Å². The number of aliphatic hydroxyl groups is 1. The van der Waals surface area contributed by atoms with Crippen molar-refractivity contribution in [2.24, 2.45) is 5.73 Å². The summed E-state index contributed by atoms with van der Waals surface area (Å²) in [6, 6.07) is 4.78. The number of benzene rings is 1. The van der Waals surface area contributed by atoms with E-state index in [0.29, 0.717) is 11.4 Å². The molecule has 0 amide bonds. The number of aliphatic hydroxyl groups excluding tert-OH is 1. The second-order valence-electron chi connectivity index (χ2n) is 2.78. The van der Waals surface area contributed by atoms with E-state index in [1.54, 1.807) is 25.3 Å². The van der Waals surface area contributed by atoms with Crippen molar-refractivity contribution in [3.63, 3.8) is 0 Å². The molecule has 0 aliphatic carbocycles. The van der Waals surface area contributed by atoms with Crippen LogP contribution in [0, 0.1) is 0 Å². The van der Waals surface area contributed by atoms with Gasteiger partial charge < -0.3 is 21.3 Å². The highest BCUT2D eigenvalue weighted by Crippen LogP contribution is 2.23. The van der Waals surface area contributed by atoms with Crippen molar-refractivity contribution in [3.05, 3.63) is 23.8 Å². The molecule has 4 heteroatoms. The van der Waals surface area contributed by atoms with Crippen LogP contribution in [0.15, 0.2) is 18.2 Å². The van der Waals surface area contributed by atoms with Crippen molar-refractivity contribution in [2.75, 3.05) is 19.5 Å². The second kappa shape index (κ2) is 4.11. The van der Waals surface area contributed by atoms with Gasteiger partial charge in [0.05, 0.1) is 19.8 Å². The van der Waals surface area contributed by atoms with Crippen LogP contribution < -0.4 is 16.2 Å². The van der Waals surface area contributed by atoms with Gasteiger partial charge in [-0.25, -0.2) is 0 Å². The third kappa shape index (κ3) is 2.11. The van der Waals surface area contributed by atoms with Gasteiger partial charge in [-0.15, -0.1) is 0 Å². The Morgan fingerprint density at radius 2 is 2.23 bits per heavy atom. The van der Waals surface area contributed by atoms with E-state index in [9.17, 15) is 0 Å². The lowest BCUT2D eigenvalue weighted by atomic mass is 10.1. The number of anilines is 1. The molecule has 0 aromatic heterocycles. The third-order valence-corrected chi connectivity index (χ3v) is 1.89. The van der Waals surface area contributed by atoms with Gasteiger partial charge in [-0.1, -0.05) is 6.07 Å². The smallest absolute Gasteiger partial charge is 0.120 e. The van der Waals surface area contributed by atoms with Gasteiger partial charge in [0.15, 0.2) is 0 Å². The van der Waals surface area contributed by atoms with Crippen molar-refractivity contribution in [3.8, 4) is 5.75 Å². The van der Waals surface area contributed by atoms with Gasteiger partial charge in [0.25, 0.3) is 0 Å². The molecule has 0 fully saturated rings. The van der Waals surface area contributed by atoms with Crippen LogP contribution in [0.1, 0.15) is 11.6 Å². The van der Waals surface area contributed by atoms with Crippen molar-refractivity contribution >= 4 is 5.69 Å². The van der Waals surface area contributed by atoms with Crippen molar-refractivity contribution < 1.29 is 9.84 Å². The first-order chi connectivity index (χ1) is 6.19. The normalized spacial score (nSPS) is 12.5. The molecule has 1 rings (SSSR count). The van der Waals surface area contributed by atoms with Gasteiger partial charge in [-0.05, 0) is 11.6 Å². The van der Waals surface area contributed by atoms with E-state index in [0.717, 1.165) is 5.56 Å². The Labute approximate surface area is 77.1 Å². The molecular weight excluding hydrogens is 168 g/mol. The quantitative estimate of drug-likeness (QED) is 0.586. The zero-order chi connectivity index (χ0) is 9.84. The zero-order valence-corrected chi connectivity index (χ0v) is 7.53. The number of nitrogens with two attached hydrogens (primary N) is 2. The van der Waals surface area contributed by atoms with Crippen LogP contribution in [0.25, 0.3) is 0 Å². The van der Waals surface area contributed by atoms with Gasteiger partial charge in [0, 0.05) is 11.8 Å². The first-order valence-corrected chi connectivity index (χ1v) is 3.99. The monoisotopic (exact) mass is 182 g/mol. The molecule has 0 aliphatic rings. The summed E-state index contributed by atoms with van der Waals surface area (Å²) in [6.45, 7) is -0.115. The van der Waals surface area contributed by atoms with E-state index in [2.05, 4.69) is 0 Å². The highest BCUT2D eigenvalue weighted by atomic mass is 16.5. The Bertz CT molecular complexity index is 289. The van der Waals surface area contributed by atoms with Crippen molar-refractivity contribution in [1.29, 1.82) is 0 Å². The molecule has 4 nitrogen and oxygen atoms in total. The third-order valence-electron chi connectivity index (χ3n) is 1.89. The maximum atomic E-state index is 8.83. The van der Waals surface area contributed by atoms with Crippen LogP contribution >= 0.6 is 0 Å². The van der Waals surface area contributed by atoms with E-state index >= 15 is 0 Å². The summed E-state index contributed by atoms with van der Waals surface area (Å²) in [5.74, 6) is 0.686. The fourth-order valence-electron chi connectivity index (χ4n) is 1.12. The van der Waals surface area contributed by atoms with Gasteiger partial charge in [-0.2, -0.15) is 0 Å². The average molecular weight is 182 g/mol. The number of rotatable bonds is 3. The lowest BCUT2D eigenvalue weighted by Gasteiger charge is -2.12. The number of methoxy groups -OCH3 is 1. The second-order valence-corrected chi connectivity index (χ2v) is 2.78. The summed E-state index contributed by atoms with van der Waals surface area (Å²) >= 11 is 0. The Hall–Kier alpha value is -1.26. The van der Waals surface area contributed by atoms with Crippen LogP contribution in [0.5, 0.6) is 5.75 Å². The Morgan fingerprint density at radius 3 is 2.69 bits per heavy atom. The number of nitrogen functional groups attached to an aromatic ring is 1. The lowest BCUT2D eigenvalue weighted by Crippen LogP contribution is -2.16. The van der Waals surface area contributed by atoms with Gasteiger partial charge in [0.1, 0.15) is 5.75 Å². The van der Waals surface area contributed by atoms with E-state index in [1.165, 1.54) is 0 Å². The summed E-state index contributed by atoms with van der Waals surface area (Å²) in [6.07, 6.45) is 0. The summed E-state index contributed by atoms with van der Waals surface area (Å²) in [5, 5.41) is 8.83. The van der Waals surface area contributed by atoms with Gasteiger partial charge in [0.2, 0.25) is 0 Å². The molecule has 0 heterocycles. The molecule has 0 unspecified atom stereocenters. The summed E-state index contributed by atoms with van der Waals surface area (Å²) in [5.41, 5.74) is 12.6. The molecule has 0 saturated carbocycles. The molecule has 0 saturated heterocycles. The summed E-state index contributed by atoms with van der Waals surface area (Å²) in [4.78, 5) is 0. The molecule has 1 aromatic carbocycles. The standard InChI is InChI=1S/C9H14N2O2/c1-13-6-2-3-7(8(10)4-6)9(11)5-12/h2-4,9,12H,5,10-11H2,1H3/t9-/m1/s1. The summed E-state index contributed by atoms with van der Waals surface area (Å²) < 4.78 is 4.98. The van der Waals surface area contributed by atoms with E-state index in [-0.39, 0.29) is 6.61 Å². The van der Waals surface area contributed by atoms with Crippen LogP contribution in [0.3, 0.4) is 0 Å². The minimum absolute atomic E-state index is 0.115. The van der Waals surface area contributed by atoms with E-state index < -0.39 is 6.04 Å². The topological polar surface area (TPSA) is 81.5 Å². The molecule has 0 radical (unpaired) electrons. The molecule has 1 aromatic rings. The van der Waals surface area contributed by atoms with Crippen molar-refractivity contribution in [2.45, 2.75) is 6.04 Å². The van der Waals surface area contributed by atoms with E-state index in [1.807, 2.05) is 0 Å². The van der Waals surface area contributed by atoms with Crippen LogP contribution in [0.4, 0.5) is 5.69 Å². The van der Waals surface area contributed by atoms with E-state index in [4.69, 9.17) is 21.3 Å². The molecule has 13 heavy (non-hydrogen) atoms. The lowest BCUT2D eigenvalue weighted by molar-refractivity contribution is 0.268. The highest BCUT2D eigenvalue weighted by Gasteiger charge is 2.08. The Balaban J connectivity index is 2.98. The fourth-order valence-corrected chi connectivity index (χ4v) is 1.12. The molecule has 0 spiro atoms. The molecular formula is C9H14N2O2. The fraction of sp³-hybridized carbons (Fsp3) is 0.333.